The van der Waals surface area contributed by atoms with E-state index in [1.807, 2.05) is 19.9 Å². The van der Waals surface area contributed by atoms with Gasteiger partial charge in [0, 0.05) is 23.9 Å². The van der Waals surface area contributed by atoms with Gasteiger partial charge in [0.05, 0.1) is 11.8 Å². The van der Waals surface area contributed by atoms with E-state index in [0.717, 1.165) is 62.7 Å². The van der Waals surface area contributed by atoms with Crippen LogP contribution in [0.1, 0.15) is 99.5 Å². The Hall–Kier alpha value is -1.70. The topological polar surface area (TPSA) is 76.1 Å². The smallest absolute Gasteiger partial charge is 0.348 e. The molecule has 1 heterocycles. The highest BCUT2D eigenvalue weighted by atomic mass is 32.1. The number of carbonyl (C=O) groups is 2. The summed E-state index contributed by atoms with van der Waals surface area (Å²) < 4.78 is 11.0. The van der Waals surface area contributed by atoms with Crippen LogP contribution in [0, 0.1) is 11.8 Å². The van der Waals surface area contributed by atoms with Gasteiger partial charge in [-0.05, 0) is 95.6 Å². The second kappa shape index (κ2) is 13.4. The Morgan fingerprint density at radius 3 is 2.65 bits per heavy atom. The number of nitrogens with zero attached hydrogens (tertiary/aromatic N) is 1. The summed E-state index contributed by atoms with van der Waals surface area (Å²) in [6.07, 6.45) is 12.0. The quantitative estimate of drug-likeness (QED) is 0.259. The fourth-order valence-electron chi connectivity index (χ4n) is 4.90. The van der Waals surface area contributed by atoms with Crippen molar-refractivity contribution in [2.24, 2.45) is 11.8 Å². The van der Waals surface area contributed by atoms with Crippen LogP contribution in [0.5, 0.6) is 0 Å². The summed E-state index contributed by atoms with van der Waals surface area (Å²) in [6.45, 7) is 7.57. The molecular formula is C27H41NO5S. The van der Waals surface area contributed by atoms with Crippen molar-refractivity contribution in [1.29, 1.82) is 0 Å². The molecule has 1 aromatic rings. The Balaban J connectivity index is 1.80. The van der Waals surface area contributed by atoms with E-state index in [0.29, 0.717) is 24.8 Å². The van der Waals surface area contributed by atoms with Crippen LogP contribution in [0.3, 0.4) is 0 Å². The lowest BCUT2D eigenvalue weighted by molar-refractivity contribution is -0.123. The molecule has 0 saturated heterocycles. The van der Waals surface area contributed by atoms with Gasteiger partial charge in [-0.1, -0.05) is 13.0 Å². The van der Waals surface area contributed by atoms with Gasteiger partial charge in [-0.2, -0.15) is 0 Å². The molecule has 6 nitrogen and oxygen atoms in total. The number of carboxylic acids is 1. The van der Waals surface area contributed by atoms with Crippen molar-refractivity contribution in [3.8, 4) is 0 Å². The molecule has 0 spiro atoms. The van der Waals surface area contributed by atoms with Crippen LogP contribution < -0.4 is 4.90 Å². The number of thiophene rings is 1. The first-order valence-electron chi connectivity index (χ1n) is 13.0. The van der Waals surface area contributed by atoms with Crippen molar-refractivity contribution in [3.63, 3.8) is 0 Å². The maximum Gasteiger partial charge on any atom is 0.348 e. The van der Waals surface area contributed by atoms with Gasteiger partial charge >= 0.3 is 5.97 Å². The molecule has 34 heavy (non-hydrogen) atoms. The van der Waals surface area contributed by atoms with E-state index in [1.54, 1.807) is 4.90 Å². The summed E-state index contributed by atoms with van der Waals surface area (Å²) in [5.74, 6) is -0.242. The zero-order valence-electron chi connectivity index (χ0n) is 21.0. The number of rotatable bonds is 12. The molecular weight excluding hydrogens is 450 g/mol. The number of amides is 1. The molecule has 2 aliphatic carbocycles. The average Bonchev–Trinajstić information content (AvgIpc) is 3.28. The SMILES string of the molecule is CCOCOC(C)CCCN(C(=O)C1CCC(C)CC1)c1cc(C2=CCCCC2)sc1C(=O)O. The lowest BCUT2D eigenvalue weighted by atomic mass is 9.82. The predicted octanol–water partition coefficient (Wildman–Crippen LogP) is 6.74. The van der Waals surface area contributed by atoms with Gasteiger partial charge < -0.3 is 19.5 Å². The van der Waals surface area contributed by atoms with Crippen LogP contribution in [0.2, 0.25) is 0 Å². The number of ether oxygens (including phenoxy) is 2. The number of carbonyl (C=O) groups excluding carboxylic acids is 1. The molecule has 0 radical (unpaired) electrons. The Labute approximate surface area is 208 Å². The minimum absolute atomic E-state index is 0.0170. The van der Waals surface area contributed by atoms with Gasteiger partial charge in [0.15, 0.2) is 0 Å². The van der Waals surface area contributed by atoms with Crippen molar-refractivity contribution >= 4 is 34.5 Å². The molecule has 2 aliphatic rings. The fraction of sp³-hybridized carbons (Fsp3) is 0.704. The van der Waals surface area contributed by atoms with Crippen LogP contribution >= 0.6 is 11.3 Å². The highest BCUT2D eigenvalue weighted by Gasteiger charge is 2.32. The molecule has 1 N–H and O–H groups in total. The lowest BCUT2D eigenvalue weighted by Crippen LogP contribution is -2.39. The first kappa shape index (κ1) is 26.9. The maximum atomic E-state index is 13.7. The largest absolute Gasteiger partial charge is 0.477 e. The molecule has 0 aromatic carbocycles. The van der Waals surface area contributed by atoms with Crippen LogP contribution in [0.15, 0.2) is 12.1 Å². The van der Waals surface area contributed by atoms with Gasteiger partial charge in [0.1, 0.15) is 11.7 Å². The van der Waals surface area contributed by atoms with Gasteiger partial charge in [0.25, 0.3) is 0 Å². The van der Waals surface area contributed by atoms with E-state index in [2.05, 4.69) is 13.0 Å². The van der Waals surface area contributed by atoms with Crippen LogP contribution in [-0.4, -0.2) is 43.0 Å². The Kier molecular flexibility index (Phi) is 10.6. The molecule has 1 atom stereocenters. The summed E-state index contributed by atoms with van der Waals surface area (Å²) in [7, 11) is 0. The molecule has 190 valence electrons. The van der Waals surface area contributed by atoms with Crippen LogP contribution in [0.4, 0.5) is 5.69 Å². The monoisotopic (exact) mass is 491 g/mol. The summed E-state index contributed by atoms with van der Waals surface area (Å²) in [4.78, 5) is 29.0. The predicted molar refractivity (Wildman–Crippen MR) is 137 cm³/mol. The molecule has 1 unspecified atom stereocenters. The normalized spacial score (nSPS) is 21.7. The van der Waals surface area contributed by atoms with Crippen LogP contribution in [0.25, 0.3) is 5.57 Å². The minimum atomic E-state index is -0.953. The van der Waals surface area contributed by atoms with Gasteiger partial charge in [-0.3, -0.25) is 4.79 Å². The zero-order chi connectivity index (χ0) is 24.5. The van der Waals surface area contributed by atoms with E-state index in [4.69, 9.17) is 9.47 Å². The van der Waals surface area contributed by atoms with E-state index < -0.39 is 5.97 Å². The molecule has 7 heteroatoms. The van der Waals surface area contributed by atoms with Crippen LogP contribution in [-0.2, 0) is 14.3 Å². The standard InChI is InChI=1S/C27H41NO5S/c1-4-32-18-33-20(3)9-8-16-28(26(29)22-14-12-19(2)13-15-22)23-17-24(34-25(23)27(30)31)21-10-6-5-7-11-21/h10,17,19-20,22H,4-9,11-16,18H2,1-3H3,(H,30,31). The van der Waals surface area contributed by atoms with E-state index in [1.165, 1.54) is 23.3 Å². The first-order valence-corrected chi connectivity index (χ1v) is 13.8. The lowest BCUT2D eigenvalue weighted by Gasteiger charge is -2.31. The number of anilines is 1. The van der Waals surface area contributed by atoms with Crippen molar-refractivity contribution in [3.05, 3.63) is 21.9 Å². The molecule has 1 amide bonds. The third-order valence-corrected chi connectivity index (χ3v) is 8.26. The van der Waals surface area contributed by atoms with E-state index in [-0.39, 0.29) is 29.6 Å². The van der Waals surface area contributed by atoms with Crippen molar-refractivity contribution in [1.82, 2.24) is 0 Å². The van der Waals surface area contributed by atoms with Gasteiger partial charge in [-0.25, -0.2) is 4.79 Å². The highest BCUT2D eigenvalue weighted by molar-refractivity contribution is 7.15. The second-order valence-corrected chi connectivity index (χ2v) is 10.8. The third kappa shape index (κ3) is 7.40. The summed E-state index contributed by atoms with van der Waals surface area (Å²) in [6, 6.07) is 1.96. The fourth-order valence-corrected chi connectivity index (χ4v) is 5.97. The molecule has 1 fully saturated rings. The number of hydrogen-bond donors (Lipinski definition) is 1. The Morgan fingerprint density at radius 1 is 1.24 bits per heavy atom. The van der Waals surface area contributed by atoms with Gasteiger partial charge in [0.2, 0.25) is 5.91 Å². The highest BCUT2D eigenvalue weighted by Crippen LogP contribution is 2.39. The molecule has 1 aromatic heterocycles. The molecule has 3 rings (SSSR count). The zero-order valence-corrected chi connectivity index (χ0v) is 21.8. The van der Waals surface area contributed by atoms with Crippen molar-refractivity contribution < 1.29 is 24.2 Å². The number of carboxylic acid groups (broad SMARTS) is 1. The van der Waals surface area contributed by atoms with Crippen molar-refractivity contribution in [2.75, 3.05) is 24.8 Å². The van der Waals surface area contributed by atoms with E-state index in [9.17, 15) is 14.7 Å². The Morgan fingerprint density at radius 2 is 2.00 bits per heavy atom. The molecule has 0 bridgehead atoms. The number of hydrogen-bond acceptors (Lipinski definition) is 5. The van der Waals surface area contributed by atoms with Crippen molar-refractivity contribution in [2.45, 2.75) is 91.1 Å². The van der Waals surface area contributed by atoms with Gasteiger partial charge in [-0.15, -0.1) is 11.3 Å². The first-order chi connectivity index (χ1) is 16.4. The average molecular weight is 492 g/mol. The third-order valence-electron chi connectivity index (χ3n) is 7.07. The summed E-state index contributed by atoms with van der Waals surface area (Å²) in [5.41, 5.74) is 1.80. The molecule has 0 aliphatic heterocycles. The maximum absolute atomic E-state index is 13.7. The summed E-state index contributed by atoms with van der Waals surface area (Å²) in [5, 5.41) is 10.0. The summed E-state index contributed by atoms with van der Waals surface area (Å²) >= 11 is 1.32. The second-order valence-electron chi connectivity index (χ2n) is 9.78. The number of allylic oxidation sites excluding steroid dienone is 2. The molecule has 1 saturated carbocycles. The van der Waals surface area contributed by atoms with E-state index >= 15 is 0 Å². The minimum Gasteiger partial charge on any atom is -0.477 e. The Bertz CT molecular complexity index is 840. The number of aromatic carboxylic acids is 1.